The molecule has 2 rings (SSSR count). The van der Waals surface area contributed by atoms with Crippen molar-refractivity contribution in [2.24, 2.45) is 0 Å². The van der Waals surface area contributed by atoms with E-state index in [1.807, 2.05) is 12.1 Å². The van der Waals surface area contributed by atoms with Gasteiger partial charge < -0.3 is 19.7 Å². The maximum atomic E-state index is 5.60. The van der Waals surface area contributed by atoms with Gasteiger partial charge in [-0.2, -0.15) is 0 Å². The van der Waals surface area contributed by atoms with Crippen molar-refractivity contribution >= 4 is 5.88 Å². The van der Waals surface area contributed by atoms with Crippen molar-refractivity contribution in [3.63, 3.8) is 0 Å². The molecule has 0 atom stereocenters. The highest BCUT2D eigenvalue weighted by molar-refractivity contribution is 5.73. The fraction of sp³-hybridized carbons (Fsp3) is 0.400. The molecule has 0 unspecified atom stereocenters. The fourth-order valence-electron chi connectivity index (χ4n) is 2.10. The number of hydrogen-bond acceptors (Lipinski definition) is 5. The van der Waals surface area contributed by atoms with Crippen molar-refractivity contribution in [1.82, 2.24) is 5.16 Å². The van der Waals surface area contributed by atoms with Crippen LogP contribution in [0.15, 0.2) is 22.7 Å². The lowest BCUT2D eigenvalue weighted by atomic mass is 9.84. The molecule has 2 N–H and O–H groups in total. The maximum Gasteiger partial charge on any atom is 0.222 e. The second-order valence-electron chi connectivity index (χ2n) is 5.62. The van der Waals surface area contributed by atoms with Crippen molar-refractivity contribution in [2.45, 2.75) is 26.2 Å². The number of ether oxygens (including phenoxy) is 2. The van der Waals surface area contributed by atoms with Crippen LogP contribution in [0.3, 0.4) is 0 Å². The minimum atomic E-state index is -0.0933. The van der Waals surface area contributed by atoms with E-state index >= 15 is 0 Å². The summed E-state index contributed by atoms with van der Waals surface area (Å²) in [7, 11) is 3.28. The van der Waals surface area contributed by atoms with Crippen LogP contribution < -0.4 is 15.2 Å². The van der Waals surface area contributed by atoms with Crippen molar-refractivity contribution < 1.29 is 14.0 Å². The van der Waals surface area contributed by atoms with Gasteiger partial charge in [0.25, 0.3) is 0 Å². The van der Waals surface area contributed by atoms with Crippen LogP contribution in [0.5, 0.6) is 11.5 Å². The lowest BCUT2D eigenvalue weighted by Gasteiger charge is -2.24. The summed E-state index contributed by atoms with van der Waals surface area (Å²) in [6.07, 6.45) is 0. The number of nitrogen functional groups attached to an aromatic ring is 1. The largest absolute Gasteiger partial charge is 0.497 e. The zero-order valence-corrected chi connectivity index (χ0v) is 12.5. The first-order chi connectivity index (χ1) is 9.36. The van der Waals surface area contributed by atoms with Gasteiger partial charge >= 0.3 is 0 Å². The van der Waals surface area contributed by atoms with E-state index in [1.165, 1.54) is 0 Å². The minimum Gasteiger partial charge on any atom is -0.497 e. The van der Waals surface area contributed by atoms with Crippen LogP contribution in [0.2, 0.25) is 0 Å². The summed E-state index contributed by atoms with van der Waals surface area (Å²) in [5, 5.41) is 3.96. The van der Waals surface area contributed by atoms with Crippen molar-refractivity contribution in [3.8, 4) is 22.8 Å². The van der Waals surface area contributed by atoms with Crippen LogP contribution in [0, 0.1) is 0 Å². The summed E-state index contributed by atoms with van der Waals surface area (Å²) in [4.78, 5) is 0. The Balaban J connectivity index is 2.72. The van der Waals surface area contributed by atoms with Gasteiger partial charge in [-0.25, -0.2) is 0 Å². The third-order valence-electron chi connectivity index (χ3n) is 3.11. The molecular weight excluding hydrogens is 256 g/mol. The summed E-state index contributed by atoms with van der Waals surface area (Å²) in [6, 6.07) is 5.51. The van der Waals surface area contributed by atoms with Crippen molar-refractivity contribution in [2.75, 3.05) is 20.0 Å². The Morgan fingerprint density at radius 2 is 1.80 bits per heavy atom. The number of nitrogens with zero attached hydrogens (tertiary/aromatic N) is 1. The van der Waals surface area contributed by atoms with Gasteiger partial charge in [-0.15, -0.1) is 0 Å². The average Bonchev–Trinajstić information content (AvgIpc) is 2.82. The van der Waals surface area contributed by atoms with E-state index in [2.05, 4.69) is 25.9 Å². The Kier molecular flexibility index (Phi) is 3.61. The molecule has 1 aromatic heterocycles. The zero-order valence-electron chi connectivity index (χ0n) is 12.5. The predicted octanol–water partition coefficient (Wildman–Crippen LogP) is 3.24. The first kappa shape index (κ1) is 14.2. The van der Waals surface area contributed by atoms with Gasteiger partial charge in [-0.3, -0.25) is 0 Å². The molecule has 1 heterocycles. The molecular formula is C15H20N2O3. The number of benzene rings is 1. The number of hydrogen-bond donors (Lipinski definition) is 1. The second kappa shape index (κ2) is 5.07. The van der Waals surface area contributed by atoms with Crippen LogP contribution in [0.4, 0.5) is 5.88 Å². The fourth-order valence-corrected chi connectivity index (χ4v) is 2.10. The molecule has 0 bridgehead atoms. The summed E-state index contributed by atoms with van der Waals surface area (Å²) in [5.74, 6) is 1.76. The van der Waals surface area contributed by atoms with Crippen molar-refractivity contribution in [3.05, 3.63) is 23.8 Å². The Labute approximate surface area is 118 Å². The minimum absolute atomic E-state index is 0.0933. The van der Waals surface area contributed by atoms with Crippen LogP contribution in [-0.4, -0.2) is 19.4 Å². The van der Waals surface area contributed by atoms with E-state index in [1.54, 1.807) is 20.3 Å². The second-order valence-corrected chi connectivity index (χ2v) is 5.62. The quantitative estimate of drug-likeness (QED) is 0.931. The normalized spacial score (nSPS) is 11.4. The van der Waals surface area contributed by atoms with Gasteiger partial charge in [0, 0.05) is 17.2 Å². The number of nitrogens with two attached hydrogens (primary N) is 1. The Bertz CT molecular complexity index is 612. The average molecular weight is 276 g/mol. The number of rotatable bonds is 3. The highest BCUT2D eigenvalue weighted by Gasteiger charge is 2.24. The predicted molar refractivity (Wildman–Crippen MR) is 78.2 cm³/mol. The van der Waals surface area contributed by atoms with Gasteiger partial charge in [0.05, 0.1) is 14.2 Å². The molecule has 0 fully saturated rings. The van der Waals surface area contributed by atoms with E-state index in [0.717, 1.165) is 22.6 Å². The number of anilines is 1. The maximum absolute atomic E-state index is 5.60. The van der Waals surface area contributed by atoms with Gasteiger partial charge in [-0.1, -0.05) is 25.9 Å². The molecule has 0 aliphatic heterocycles. The number of methoxy groups -OCH3 is 2. The SMILES string of the molecule is COc1cc(-c2cc(N)on2)c(OC)c(C(C)(C)C)c1. The zero-order chi connectivity index (χ0) is 14.9. The van der Waals surface area contributed by atoms with Gasteiger partial charge in [-0.05, 0) is 17.5 Å². The third-order valence-corrected chi connectivity index (χ3v) is 3.11. The molecule has 5 nitrogen and oxygen atoms in total. The van der Waals surface area contributed by atoms with Crippen LogP contribution in [0.1, 0.15) is 26.3 Å². The molecule has 2 aromatic rings. The standard InChI is InChI=1S/C15H20N2O3/c1-15(2,3)11-7-9(18-4)6-10(14(11)19-5)12-8-13(16)20-17-12/h6-8H,16H2,1-5H3. The molecule has 0 saturated carbocycles. The number of aromatic nitrogens is 1. The van der Waals surface area contributed by atoms with E-state index in [9.17, 15) is 0 Å². The third kappa shape index (κ3) is 2.57. The molecule has 0 aliphatic carbocycles. The molecule has 20 heavy (non-hydrogen) atoms. The van der Waals surface area contributed by atoms with E-state index < -0.39 is 0 Å². The van der Waals surface area contributed by atoms with Crippen LogP contribution in [-0.2, 0) is 5.41 Å². The van der Waals surface area contributed by atoms with E-state index in [4.69, 9.17) is 19.7 Å². The Hall–Kier alpha value is -2.17. The molecule has 1 aromatic carbocycles. The van der Waals surface area contributed by atoms with Gasteiger partial charge in [0.2, 0.25) is 5.88 Å². The van der Waals surface area contributed by atoms with Gasteiger partial charge in [0.15, 0.2) is 0 Å². The first-order valence-electron chi connectivity index (χ1n) is 6.36. The van der Waals surface area contributed by atoms with Crippen molar-refractivity contribution in [1.29, 1.82) is 0 Å². The monoisotopic (exact) mass is 276 g/mol. The Morgan fingerprint density at radius 1 is 1.10 bits per heavy atom. The molecule has 0 radical (unpaired) electrons. The smallest absolute Gasteiger partial charge is 0.222 e. The molecule has 0 aliphatic rings. The molecule has 5 heteroatoms. The van der Waals surface area contributed by atoms with E-state index in [-0.39, 0.29) is 11.3 Å². The lowest BCUT2D eigenvalue weighted by molar-refractivity contribution is 0.388. The van der Waals surface area contributed by atoms with Crippen LogP contribution >= 0.6 is 0 Å². The topological polar surface area (TPSA) is 70.5 Å². The summed E-state index contributed by atoms with van der Waals surface area (Å²) >= 11 is 0. The highest BCUT2D eigenvalue weighted by Crippen LogP contribution is 2.42. The molecule has 0 amide bonds. The highest BCUT2D eigenvalue weighted by atomic mass is 16.5. The molecule has 0 saturated heterocycles. The Morgan fingerprint density at radius 3 is 2.25 bits per heavy atom. The van der Waals surface area contributed by atoms with E-state index in [0.29, 0.717) is 5.69 Å². The van der Waals surface area contributed by atoms with Gasteiger partial charge in [0.1, 0.15) is 17.2 Å². The lowest BCUT2D eigenvalue weighted by Crippen LogP contribution is -2.13. The first-order valence-corrected chi connectivity index (χ1v) is 6.36. The summed E-state index contributed by atoms with van der Waals surface area (Å²) in [6.45, 7) is 6.35. The molecule has 0 spiro atoms. The summed E-state index contributed by atoms with van der Waals surface area (Å²) in [5.41, 5.74) is 7.98. The summed E-state index contributed by atoms with van der Waals surface area (Å²) < 4.78 is 15.9. The van der Waals surface area contributed by atoms with Crippen LogP contribution in [0.25, 0.3) is 11.3 Å². The molecule has 108 valence electrons.